The van der Waals surface area contributed by atoms with Crippen LogP contribution in [0.3, 0.4) is 0 Å². The van der Waals surface area contributed by atoms with E-state index in [1.54, 1.807) is 18.2 Å². The van der Waals surface area contributed by atoms with E-state index in [1.807, 2.05) is 24.3 Å². The third-order valence-corrected chi connectivity index (χ3v) is 6.25. The smallest absolute Gasteiger partial charge is 0.336 e. The molecular weight excluding hydrogens is 429 g/mol. The summed E-state index contributed by atoms with van der Waals surface area (Å²) in [4.78, 5) is 12.2. The number of hydrogen-bond acceptors (Lipinski definition) is 4. The molecule has 8 heteroatoms. The summed E-state index contributed by atoms with van der Waals surface area (Å²) in [5.74, 6) is -0.0201. The Bertz CT molecular complexity index is 791. The number of ether oxygens (including phenoxy) is 1. The lowest BCUT2D eigenvalue weighted by molar-refractivity contribution is 0.0374. The van der Waals surface area contributed by atoms with Crippen LogP contribution in [0, 0.1) is 5.92 Å². The maximum Gasteiger partial charge on any atom is 0.336 e. The fourth-order valence-electron chi connectivity index (χ4n) is 2.96. The number of thioether (sulfide) groups is 1. The molecule has 2 aromatic carbocycles. The first-order valence-electron chi connectivity index (χ1n) is 8.28. The number of carbonyl (C=O) groups is 1. The zero-order valence-corrected chi connectivity index (χ0v) is 17.5. The van der Waals surface area contributed by atoms with Gasteiger partial charge >= 0.3 is 5.97 Å². The van der Waals surface area contributed by atoms with E-state index in [4.69, 9.17) is 27.9 Å². The van der Waals surface area contributed by atoms with Gasteiger partial charge in [0.25, 0.3) is 0 Å². The van der Waals surface area contributed by atoms with Crippen LogP contribution in [0.25, 0.3) is 0 Å². The highest BCUT2D eigenvalue weighted by atomic mass is 35.5. The van der Waals surface area contributed by atoms with E-state index in [-0.39, 0.29) is 24.4 Å². The molecule has 1 heterocycles. The highest BCUT2D eigenvalue weighted by molar-refractivity contribution is 7.99. The maximum atomic E-state index is 11.4. The normalized spacial score (nSPS) is 19.8. The Morgan fingerprint density at radius 1 is 1.22 bits per heavy atom. The van der Waals surface area contributed by atoms with Crippen molar-refractivity contribution in [2.75, 3.05) is 25.4 Å². The van der Waals surface area contributed by atoms with Gasteiger partial charge in [0.15, 0.2) is 0 Å². The third kappa shape index (κ3) is 5.76. The number of halogens is 3. The molecule has 0 spiro atoms. The average molecular weight is 449 g/mol. The Morgan fingerprint density at radius 3 is 2.74 bits per heavy atom. The van der Waals surface area contributed by atoms with Crippen molar-refractivity contribution in [1.82, 2.24) is 5.32 Å². The molecule has 2 atom stereocenters. The van der Waals surface area contributed by atoms with E-state index in [1.165, 1.54) is 11.8 Å². The van der Waals surface area contributed by atoms with Crippen LogP contribution in [0.5, 0.6) is 0 Å². The fourth-order valence-corrected chi connectivity index (χ4v) is 4.44. The van der Waals surface area contributed by atoms with Crippen molar-refractivity contribution >= 4 is 53.3 Å². The molecule has 3 rings (SSSR count). The standard InChI is InChI=1S/C19H19Cl2NO3S.ClH/c20-15-6-5-12(9-16(15)21)18-13(10-22-7-8-25-18)11-26-17-4-2-1-3-14(17)19(23)24;/h1-6,9,13,18,22H,7-8,10-11H2,(H,23,24);1H/t13-,18-;/m0./s1. The molecule has 1 fully saturated rings. The van der Waals surface area contributed by atoms with Crippen LogP contribution in [-0.4, -0.2) is 36.5 Å². The Morgan fingerprint density at radius 2 is 2.00 bits per heavy atom. The molecule has 146 valence electrons. The van der Waals surface area contributed by atoms with Crippen molar-refractivity contribution in [2.45, 2.75) is 11.0 Å². The number of aromatic carboxylic acids is 1. The van der Waals surface area contributed by atoms with Crippen molar-refractivity contribution in [1.29, 1.82) is 0 Å². The molecule has 2 N–H and O–H groups in total. The van der Waals surface area contributed by atoms with Crippen LogP contribution in [0.15, 0.2) is 47.4 Å². The second-order valence-electron chi connectivity index (χ2n) is 6.04. The van der Waals surface area contributed by atoms with Gasteiger partial charge in [-0.05, 0) is 29.8 Å². The van der Waals surface area contributed by atoms with Crippen LogP contribution in [-0.2, 0) is 4.74 Å². The van der Waals surface area contributed by atoms with Gasteiger partial charge in [-0.3, -0.25) is 0 Å². The minimum absolute atomic E-state index is 0. The Labute approximate surface area is 179 Å². The van der Waals surface area contributed by atoms with E-state index in [9.17, 15) is 9.90 Å². The minimum Gasteiger partial charge on any atom is -0.478 e. The molecule has 0 bridgehead atoms. The first-order valence-corrected chi connectivity index (χ1v) is 10.0. The van der Waals surface area contributed by atoms with Crippen LogP contribution in [0.2, 0.25) is 10.0 Å². The van der Waals surface area contributed by atoms with Gasteiger partial charge in [-0.2, -0.15) is 0 Å². The summed E-state index contributed by atoms with van der Waals surface area (Å²) in [5, 5.41) is 13.8. The molecule has 27 heavy (non-hydrogen) atoms. The maximum absolute atomic E-state index is 11.4. The summed E-state index contributed by atoms with van der Waals surface area (Å²) in [5.41, 5.74) is 1.31. The fraction of sp³-hybridized carbons (Fsp3) is 0.316. The van der Waals surface area contributed by atoms with Gasteiger partial charge in [0.1, 0.15) is 0 Å². The van der Waals surface area contributed by atoms with Crippen LogP contribution >= 0.6 is 47.4 Å². The predicted octanol–water partition coefficient (Wildman–Crippen LogP) is 5.18. The molecule has 0 aliphatic carbocycles. The van der Waals surface area contributed by atoms with Gasteiger partial charge < -0.3 is 15.2 Å². The summed E-state index contributed by atoms with van der Waals surface area (Å²) < 4.78 is 6.07. The average Bonchev–Trinajstić information content (AvgIpc) is 2.88. The lowest BCUT2D eigenvalue weighted by Crippen LogP contribution is -2.26. The van der Waals surface area contributed by atoms with Gasteiger partial charge in [-0.15, -0.1) is 24.2 Å². The number of carboxylic acids is 1. The van der Waals surface area contributed by atoms with Gasteiger partial charge in [0.2, 0.25) is 0 Å². The van der Waals surface area contributed by atoms with E-state index in [0.717, 1.165) is 29.3 Å². The molecule has 1 saturated heterocycles. The van der Waals surface area contributed by atoms with Gasteiger partial charge in [0, 0.05) is 29.7 Å². The van der Waals surface area contributed by atoms with Gasteiger partial charge in [-0.1, -0.05) is 41.4 Å². The number of benzene rings is 2. The van der Waals surface area contributed by atoms with Crippen LogP contribution in [0.4, 0.5) is 0 Å². The quantitative estimate of drug-likeness (QED) is 0.617. The topological polar surface area (TPSA) is 58.6 Å². The molecule has 2 aromatic rings. The number of hydrogen-bond donors (Lipinski definition) is 2. The molecular formula is C19H20Cl3NO3S. The number of carboxylic acid groups (broad SMARTS) is 1. The first-order chi connectivity index (χ1) is 12.6. The second kappa shape index (κ2) is 10.6. The zero-order valence-electron chi connectivity index (χ0n) is 14.4. The lowest BCUT2D eigenvalue weighted by Gasteiger charge is -2.25. The summed E-state index contributed by atoms with van der Waals surface area (Å²) >= 11 is 13.7. The Balaban J connectivity index is 0.00000261. The minimum atomic E-state index is -0.913. The Hall–Kier alpha value is -0.950. The van der Waals surface area contributed by atoms with Crippen LogP contribution < -0.4 is 5.32 Å². The highest BCUT2D eigenvalue weighted by Gasteiger charge is 2.27. The zero-order chi connectivity index (χ0) is 18.5. The summed E-state index contributed by atoms with van der Waals surface area (Å²) in [6.45, 7) is 2.18. The largest absolute Gasteiger partial charge is 0.478 e. The molecule has 0 unspecified atom stereocenters. The molecule has 0 aromatic heterocycles. The number of nitrogens with one attached hydrogen (secondary N) is 1. The first kappa shape index (κ1) is 22.3. The number of rotatable bonds is 5. The second-order valence-corrected chi connectivity index (χ2v) is 7.92. The predicted molar refractivity (Wildman–Crippen MR) is 113 cm³/mol. The van der Waals surface area contributed by atoms with Gasteiger partial charge in [-0.25, -0.2) is 4.79 Å². The molecule has 0 saturated carbocycles. The Kier molecular flexibility index (Phi) is 8.73. The monoisotopic (exact) mass is 447 g/mol. The van der Waals surface area contributed by atoms with Crippen molar-refractivity contribution in [2.24, 2.45) is 5.92 Å². The van der Waals surface area contributed by atoms with E-state index in [0.29, 0.717) is 22.2 Å². The summed E-state index contributed by atoms with van der Waals surface area (Å²) in [6, 6.07) is 12.6. The highest BCUT2D eigenvalue weighted by Crippen LogP contribution is 2.35. The van der Waals surface area contributed by atoms with Crippen molar-refractivity contribution in [3.05, 3.63) is 63.6 Å². The van der Waals surface area contributed by atoms with Crippen molar-refractivity contribution < 1.29 is 14.6 Å². The summed E-state index contributed by atoms with van der Waals surface area (Å²) in [6.07, 6.45) is -0.121. The molecule has 0 amide bonds. The summed E-state index contributed by atoms with van der Waals surface area (Å²) in [7, 11) is 0. The molecule has 4 nitrogen and oxygen atoms in total. The third-order valence-electron chi connectivity index (χ3n) is 4.25. The van der Waals surface area contributed by atoms with Gasteiger partial charge in [0.05, 0.1) is 28.3 Å². The lowest BCUT2D eigenvalue weighted by atomic mass is 9.97. The SMILES string of the molecule is Cl.O=C(O)c1ccccc1SC[C@@H]1CNCCO[C@H]1c1ccc(Cl)c(Cl)c1. The van der Waals surface area contributed by atoms with Crippen molar-refractivity contribution in [3.8, 4) is 0 Å². The molecule has 0 radical (unpaired) electrons. The van der Waals surface area contributed by atoms with E-state index < -0.39 is 5.97 Å². The van der Waals surface area contributed by atoms with E-state index >= 15 is 0 Å². The molecule has 1 aliphatic heterocycles. The van der Waals surface area contributed by atoms with Crippen molar-refractivity contribution in [3.63, 3.8) is 0 Å². The molecule has 1 aliphatic rings. The van der Waals surface area contributed by atoms with E-state index in [2.05, 4.69) is 5.32 Å². The van der Waals surface area contributed by atoms with Crippen LogP contribution in [0.1, 0.15) is 22.0 Å².